The number of nitrogens with zero attached hydrogens (tertiary/aromatic N) is 3. The van der Waals surface area contributed by atoms with Crippen LogP contribution in [0.1, 0.15) is 25.2 Å². The van der Waals surface area contributed by atoms with Crippen LogP contribution in [0.5, 0.6) is 5.75 Å². The number of nitrogens with one attached hydrogen (secondary N) is 1. The minimum Gasteiger partial charge on any atom is -0.491 e. The first kappa shape index (κ1) is 18.8. The van der Waals surface area contributed by atoms with Gasteiger partial charge in [0.2, 0.25) is 5.91 Å². The monoisotopic (exact) mass is 394 g/mol. The average molecular weight is 394 g/mol. The average Bonchev–Trinajstić information content (AvgIpc) is 3.26. The second-order valence-electron chi connectivity index (χ2n) is 7.13. The van der Waals surface area contributed by atoms with E-state index < -0.39 is 0 Å². The Hall–Kier alpha value is -3.55. The number of furan rings is 1. The highest BCUT2D eigenvalue weighted by atomic mass is 16.5. The summed E-state index contributed by atoms with van der Waals surface area (Å²) in [6.07, 6.45) is 1.67. The minimum absolute atomic E-state index is 0.108. The standard InChI is InChI=1S/C21H22N4O4/c1-13(2)29-16-6-4-15(5-7-16)11-22-20(26)12-24-21(27)18-10-19-17(8-9-28-19)25(18)14(3)23-24/h4-10,13H,11-12H2,1-3H3,(H,22,26). The van der Waals surface area contributed by atoms with Gasteiger partial charge in [-0.1, -0.05) is 12.1 Å². The zero-order valence-corrected chi connectivity index (χ0v) is 16.5. The summed E-state index contributed by atoms with van der Waals surface area (Å²) in [5.41, 5.74) is 2.42. The molecule has 8 nitrogen and oxygen atoms in total. The van der Waals surface area contributed by atoms with Gasteiger partial charge in [-0.2, -0.15) is 5.10 Å². The molecule has 0 radical (unpaired) electrons. The molecule has 150 valence electrons. The lowest BCUT2D eigenvalue weighted by molar-refractivity contribution is -0.122. The third-order valence-electron chi connectivity index (χ3n) is 4.54. The maximum atomic E-state index is 12.7. The number of hydrogen-bond acceptors (Lipinski definition) is 5. The summed E-state index contributed by atoms with van der Waals surface area (Å²) >= 11 is 0. The maximum absolute atomic E-state index is 12.7. The molecule has 0 unspecified atom stereocenters. The van der Waals surface area contributed by atoms with Gasteiger partial charge in [-0.3, -0.25) is 14.0 Å². The summed E-state index contributed by atoms with van der Waals surface area (Å²) in [7, 11) is 0. The molecule has 0 aliphatic carbocycles. The van der Waals surface area contributed by atoms with Gasteiger partial charge in [0.1, 0.15) is 23.6 Å². The van der Waals surface area contributed by atoms with Crippen molar-refractivity contribution in [3.63, 3.8) is 0 Å². The summed E-state index contributed by atoms with van der Waals surface area (Å²) in [5, 5.41) is 7.10. The van der Waals surface area contributed by atoms with Crippen LogP contribution in [0.2, 0.25) is 0 Å². The van der Waals surface area contributed by atoms with Crippen LogP contribution < -0.4 is 15.6 Å². The van der Waals surface area contributed by atoms with Crippen molar-refractivity contribution in [3.05, 3.63) is 64.4 Å². The number of carbonyl (C=O) groups excluding carboxylic acids is 1. The first-order valence-corrected chi connectivity index (χ1v) is 9.41. The molecule has 3 aromatic heterocycles. The smallest absolute Gasteiger partial charge is 0.291 e. The number of benzene rings is 1. The fraction of sp³-hybridized carbons (Fsp3) is 0.286. The molecule has 0 bridgehead atoms. The molecule has 8 heteroatoms. The molecular formula is C21H22N4O4. The normalized spacial score (nSPS) is 11.4. The van der Waals surface area contributed by atoms with Gasteiger partial charge in [0.15, 0.2) is 5.58 Å². The van der Waals surface area contributed by atoms with Gasteiger partial charge in [0, 0.05) is 18.7 Å². The Morgan fingerprint density at radius 2 is 1.97 bits per heavy atom. The number of amides is 1. The minimum atomic E-state index is -0.340. The summed E-state index contributed by atoms with van der Waals surface area (Å²) < 4.78 is 13.9. The van der Waals surface area contributed by atoms with Gasteiger partial charge in [-0.05, 0) is 38.5 Å². The molecule has 0 atom stereocenters. The van der Waals surface area contributed by atoms with Crippen molar-refractivity contribution >= 4 is 22.5 Å². The molecule has 1 aromatic carbocycles. The molecule has 0 aliphatic rings. The summed E-state index contributed by atoms with van der Waals surface area (Å²) in [5.74, 6) is 1.10. The number of aromatic nitrogens is 3. The van der Waals surface area contributed by atoms with Gasteiger partial charge in [0.25, 0.3) is 5.56 Å². The SMILES string of the molecule is Cc1nn(CC(=O)NCc2ccc(OC(C)C)cc2)c(=O)c2cc3occc3n12. The van der Waals surface area contributed by atoms with Crippen LogP contribution in [0, 0.1) is 6.92 Å². The van der Waals surface area contributed by atoms with E-state index in [2.05, 4.69) is 10.4 Å². The van der Waals surface area contributed by atoms with E-state index in [-0.39, 0.29) is 24.1 Å². The van der Waals surface area contributed by atoms with Crippen molar-refractivity contribution in [1.29, 1.82) is 0 Å². The lowest BCUT2D eigenvalue weighted by Crippen LogP contribution is -2.34. The highest BCUT2D eigenvalue weighted by molar-refractivity contribution is 5.82. The molecule has 1 amide bonds. The van der Waals surface area contributed by atoms with Crippen LogP contribution in [-0.2, 0) is 17.9 Å². The quantitative estimate of drug-likeness (QED) is 0.543. The summed E-state index contributed by atoms with van der Waals surface area (Å²) in [6, 6.07) is 11.0. The van der Waals surface area contributed by atoms with Crippen LogP contribution in [0.3, 0.4) is 0 Å². The van der Waals surface area contributed by atoms with E-state index in [1.165, 1.54) is 4.68 Å². The van der Waals surface area contributed by atoms with Gasteiger partial charge in [0.05, 0.1) is 17.9 Å². The third kappa shape index (κ3) is 3.73. The van der Waals surface area contributed by atoms with E-state index in [0.29, 0.717) is 23.5 Å². The number of rotatable bonds is 6. The number of aryl methyl sites for hydroxylation is 1. The van der Waals surface area contributed by atoms with Crippen molar-refractivity contribution in [2.45, 2.75) is 40.0 Å². The van der Waals surface area contributed by atoms with E-state index in [9.17, 15) is 9.59 Å². The van der Waals surface area contributed by atoms with Crippen molar-refractivity contribution < 1.29 is 13.9 Å². The number of ether oxygens (including phenoxy) is 1. The molecule has 0 spiro atoms. The van der Waals surface area contributed by atoms with Crippen LogP contribution in [-0.4, -0.2) is 26.2 Å². The van der Waals surface area contributed by atoms with Crippen molar-refractivity contribution in [2.75, 3.05) is 0 Å². The zero-order chi connectivity index (χ0) is 20.5. The summed E-state index contributed by atoms with van der Waals surface area (Å²) in [4.78, 5) is 25.1. The zero-order valence-electron chi connectivity index (χ0n) is 16.5. The van der Waals surface area contributed by atoms with Crippen molar-refractivity contribution in [3.8, 4) is 5.75 Å². The van der Waals surface area contributed by atoms with E-state index in [4.69, 9.17) is 9.15 Å². The molecule has 29 heavy (non-hydrogen) atoms. The Balaban J connectivity index is 1.46. The van der Waals surface area contributed by atoms with E-state index in [0.717, 1.165) is 16.8 Å². The molecule has 4 rings (SSSR count). The highest BCUT2D eigenvalue weighted by Gasteiger charge is 2.15. The van der Waals surface area contributed by atoms with E-state index >= 15 is 0 Å². The lowest BCUT2D eigenvalue weighted by atomic mass is 10.2. The van der Waals surface area contributed by atoms with Crippen molar-refractivity contribution in [2.24, 2.45) is 0 Å². The van der Waals surface area contributed by atoms with E-state index in [1.807, 2.05) is 38.1 Å². The Morgan fingerprint density at radius 1 is 1.21 bits per heavy atom. The summed E-state index contributed by atoms with van der Waals surface area (Å²) in [6.45, 7) is 5.92. The van der Waals surface area contributed by atoms with E-state index in [1.54, 1.807) is 29.7 Å². The Bertz CT molecular complexity index is 1230. The first-order chi connectivity index (χ1) is 13.9. The van der Waals surface area contributed by atoms with Crippen molar-refractivity contribution in [1.82, 2.24) is 19.5 Å². The molecule has 1 N–H and O–H groups in total. The third-order valence-corrected chi connectivity index (χ3v) is 4.54. The first-order valence-electron chi connectivity index (χ1n) is 9.41. The Labute approximate surface area is 166 Å². The van der Waals surface area contributed by atoms with Crippen LogP contribution >= 0.6 is 0 Å². The number of fused-ring (bicyclic) bond motifs is 3. The van der Waals surface area contributed by atoms with Gasteiger partial charge in [-0.25, -0.2) is 4.68 Å². The molecule has 0 saturated carbocycles. The second-order valence-corrected chi connectivity index (χ2v) is 7.13. The van der Waals surface area contributed by atoms with Gasteiger partial charge >= 0.3 is 0 Å². The molecule has 0 aliphatic heterocycles. The number of carbonyl (C=O) groups is 1. The predicted molar refractivity (Wildman–Crippen MR) is 108 cm³/mol. The van der Waals surface area contributed by atoms with Crippen LogP contribution in [0.4, 0.5) is 0 Å². The largest absolute Gasteiger partial charge is 0.491 e. The molecular weight excluding hydrogens is 372 g/mol. The Kier molecular flexibility index (Phi) is 4.84. The van der Waals surface area contributed by atoms with Crippen LogP contribution in [0.25, 0.3) is 16.6 Å². The molecule has 0 fully saturated rings. The second kappa shape index (κ2) is 7.46. The molecule has 3 heterocycles. The number of hydrogen-bond donors (Lipinski definition) is 1. The fourth-order valence-corrected chi connectivity index (χ4v) is 3.29. The highest BCUT2D eigenvalue weighted by Crippen LogP contribution is 2.20. The van der Waals surface area contributed by atoms with Gasteiger partial charge < -0.3 is 14.5 Å². The topological polar surface area (TPSA) is 90.8 Å². The predicted octanol–water partition coefficient (Wildman–Crippen LogP) is 2.65. The molecule has 4 aromatic rings. The van der Waals surface area contributed by atoms with Crippen LogP contribution in [0.15, 0.2) is 51.9 Å². The molecule has 0 saturated heterocycles. The fourth-order valence-electron chi connectivity index (χ4n) is 3.29. The maximum Gasteiger partial charge on any atom is 0.291 e. The Morgan fingerprint density at radius 3 is 2.69 bits per heavy atom. The lowest BCUT2D eigenvalue weighted by Gasteiger charge is -2.11. The van der Waals surface area contributed by atoms with Gasteiger partial charge in [-0.15, -0.1) is 0 Å².